The molecule has 0 radical (unpaired) electrons. The molecule has 1 rings (SSSR count). The largest absolute Gasteiger partial charge is 0.379 e. The third-order valence-corrected chi connectivity index (χ3v) is 3.40. The molecule has 1 fully saturated rings. The van der Waals surface area contributed by atoms with Gasteiger partial charge >= 0.3 is 0 Å². The van der Waals surface area contributed by atoms with Crippen LogP contribution < -0.4 is 5.32 Å². The Labute approximate surface area is 115 Å². The summed E-state index contributed by atoms with van der Waals surface area (Å²) in [5.74, 6) is 0.583. The molecule has 0 spiro atoms. The average molecular weight is 270 g/mol. The molecule has 19 heavy (non-hydrogen) atoms. The van der Waals surface area contributed by atoms with Gasteiger partial charge in [0.05, 0.1) is 13.2 Å². The van der Waals surface area contributed by atoms with Crippen molar-refractivity contribution < 1.29 is 14.3 Å². The predicted molar refractivity (Wildman–Crippen MR) is 73.6 cm³/mol. The highest BCUT2D eigenvalue weighted by Gasteiger charge is 2.34. The van der Waals surface area contributed by atoms with E-state index in [2.05, 4.69) is 19.2 Å². The normalized spacial score (nSPS) is 21.7. The number of amides is 2. The van der Waals surface area contributed by atoms with Crippen molar-refractivity contribution >= 4 is 11.8 Å². The molecule has 0 aromatic carbocycles. The van der Waals surface area contributed by atoms with Gasteiger partial charge in [-0.05, 0) is 11.8 Å². The van der Waals surface area contributed by atoms with Crippen molar-refractivity contribution in [3.63, 3.8) is 0 Å². The smallest absolute Gasteiger partial charge is 0.245 e. The van der Waals surface area contributed by atoms with Crippen molar-refractivity contribution in [2.24, 2.45) is 11.8 Å². The summed E-state index contributed by atoms with van der Waals surface area (Å²) < 4.78 is 5.48. The van der Waals surface area contributed by atoms with Gasteiger partial charge < -0.3 is 15.0 Å². The monoisotopic (exact) mass is 270 g/mol. The number of nitrogens with zero attached hydrogens (tertiary/aromatic N) is 1. The molecule has 0 saturated carbocycles. The van der Waals surface area contributed by atoms with E-state index in [0.29, 0.717) is 25.7 Å². The van der Waals surface area contributed by atoms with Gasteiger partial charge in [-0.1, -0.05) is 34.1 Å². The molecule has 0 bridgehead atoms. The molecule has 1 saturated heterocycles. The van der Waals surface area contributed by atoms with Crippen LogP contribution in [0.2, 0.25) is 0 Å². The minimum Gasteiger partial charge on any atom is -0.379 e. The Hall–Kier alpha value is -1.10. The maximum absolute atomic E-state index is 12.3. The highest BCUT2D eigenvalue weighted by molar-refractivity contribution is 5.95. The Balaban J connectivity index is 2.48. The number of hydrogen-bond donors (Lipinski definition) is 1. The lowest BCUT2D eigenvalue weighted by Crippen LogP contribution is -2.60. The molecule has 5 nitrogen and oxygen atoms in total. The van der Waals surface area contributed by atoms with Gasteiger partial charge in [-0.15, -0.1) is 0 Å². The van der Waals surface area contributed by atoms with Gasteiger partial charge in [-0.3, -0.25) is 9.59 Å². The fourth-order valence-corrected chi connectivity index (χ4v) is 2.03. The zero-order chi connectivity index (χ0) is 14.4. The van der Waals surface area contributed by atoms with Crippen LogP contribution in [-0.2, 0) is 14.3 Å². The standard InChI is InChI=1S/C14H26N2O3/c1-5-11(4)13-14(18)16(8-12(17)15-13)6-7-19-9-10(2)3/h10-11,13H,5-9H2,1-4H3,(H,15,17). The molecular formula is C14H26N2O3. The van der Waals surface area contributed by atoms with Crippen LogP contribution in [-0.4, -0.2) is 49.1 Å². The molecule has 0 aliphatic carbocycles. The van der Waals surface area contributed by atoms with E-state index in [0.717, 1.165) is 6.42 Å². The van der Waals surface area contributed by atoms with E-state index >= 15 is 0 Å². The van der Waals surface area contributed by atoms with Crippen molar-refractivity contribution in [2.45, 2.75) is 40.2 Å². The van der Waals surface area contributed by atoms with E-state index in [1.165, 1.54) is 0 Å². The highest BCUT2D eigenvalue weighted by atomic mass is 16.5. The molecule has 2 atom stereocenters. The molecule has 1 heterocycles. The Kier molecular flexibility index (Phi) is 6.28. The zero-order valence-electron chi connectivity index (χ0n) is 12.4. The van der Waals surface area contributed by atoms with E-state index in [4.69, 9.17) is 4.74 Å². The van der Waals surface area contributed by atoms with Crippen LogP contribution in [0.3, 0.4) is 0 Å². The fraction of sp³-hybridized carbons (Fsp3) is 0.857. The highest BCUT2D eigenvalue weighted by Crippen LogP contribution is 2.14. The van der Waals surface area contributed by atoms with E-state index in [1.807, 2.05) is 13.8 Å². The molecule has 1 aliphatic rings. The first kappa shape index (κ1) is 16.0. The Morgan fingerprint density at radius 1 is 1.37 bits per heavy atom. The van der Waals surface area contributed by atoms with Crippen LogP contribution in [0.4, 0.5) is 0 Å². The molecular weight excluding hydrogens is 244 g/mol. The first-order chi connectivity index (χ1) is 8.95. The molecule has 1 aliphatic heterocycles. The average Bonchev–Trinajstić information content (AvgIpc) is 2.36. The van der Waals surface area contributed by atoms with Crippen molar-refractivity contribution in [3.8, 4) is 0 Å². The summed E-state index contributed by atoms with van der Waals surface area (Å²) in [6.45, 7) is 9.99. The summed E-state index contributed by atoms with van der Waals surface area (Å²) in [6, 6.07) is -0.378. The Bertz CT molecular complexity index is 318. The van der Waals surface area contributed by atoms with Crippen LogP contribution >= 0.6 is 0 Å². The minimum absolute atomic E-state index is 0.0158. The van der Waals surface area contributed by atoms with Gasteiger partial charge in [0.25, 0.3) is 0 Å². The topological polar surface area (TPSA) is 58.6 Å². The number of carbonyl (C=O) groups excluding carboxylic acids is 2. The molecule has 2 amide bonds. The van der Waals surface area contributed by atoms with Gasteiger partial charge in [-0.25, -0.2) is 0 Å². The van der Waals surface area contributed by atoms with Crippen LogP contribution in [0.25, 0.3) is 0 Å². The summed E-state index contributed by atoms with van der Waals surface area (Å²) >= 11 is 0. The van der Waals surface area contributed by atoms with Crippen molar-refractivity contribution in [3.05, 3.63) is 0 Å². The Morgan fingerprint density at radius 3 is 2.63 bits per heavy atom. The van der Waals surface area contributed by atoms with Crippen LogP contribution in [0, 0.1) is 11.8 Å². The zero-order valence-corrected chi connectivity index (χ0v) is 12.4. The predicted octanol–water partition coefficient (Wildman–Crippen LogP) is 1.03. The van der Waals surface area contributed by atoms with Gasteiger partial charge in [0.15, 0.2) is 0 Å². The summed E-state index contributed by atoms with van der Waals surface area (Å²) in [6.07, 6.45) is 0.869. The molecule has 0 aromatic rings. The lowest BCUT2D eigenvalue weighted by atomic mass is 9.96. The second-order valence-corrected chi connectivity index (χ2v) is 5.66. The number of hydrogen-bond acceptors (Lipinski definition) is 3. The molecule has 110 valence electrons. The van der Waals surface area contributed by atoms with Gasteiger partial charge in [0, 0.05) is 13.2 Å². The van der Waals surface area contributed by atoms with Crippen LogP contribution in [0.15, 0.2) is 0 Å². The number of ether oxygens (including phenoxy) is 1. The third-order valence-electron chi connectivity index (χ3n) is 3.40. The number of nitrogens with one attached hydrogen (secondary N) is 1. The van der Waals surface area contributed by atoms with Crippen molar-refractivity contribution in [1.82, 2.24) is 10.2 Å². The lowest BCUT2D eigenvalue weighted by molar-refractivity contribution is -0.146. The minimum atomic E-state index is -0.378. The maximum Gasteiger partial charge on any atom is 0.245 e. The second kappa shape index (κ2) is 7.48. The van der Waals surface area contributed by atoms with E-state index in [9.17, 15) is 9.59 Å². The third kappa shape index (κ3) is 4.82. The molecule has 1 N–H and O–H groups in total. The second-order valence-electron chi connectivity index (χ2n) is 5.66. The van der Waals surface area contributed by atoms with E-state index in [1.54, 1.807) is 4.90 Å². The van der Waals surface area contributed by atoms with Gasteiger partial charge in [-0.2, -0.15) is 0 Å². The maximum atomic E-state index is 12.3. The number of carbonyl (C=O) groups is 2. The van der Waals surface area contributed by atoms with Crippen LogP contribution in [0.5, 0.6) is 0 Å². The summed E-state index contributed by atoms with van der Waals surface area (Å²) in [4.78, 5) is 25.5. The SMILES string of the molecule is CCC(C)C1NC(=O)CN(CCOCC(C)C)C1=O. The van der Waals surface area contributed by atoms with Gasteiger partial charge in [0.1, 0.15) is 6.04 Å². The number of piperazine rings is 1. The number of rotatable bonds is 7. The van der Waals surface area contributed by atoms with Gasteiger partial charge in [0.2, 0.25) is 11.8 Å². The molecule has 5 heteroatoms. The summed E-state index contributed by atoms with van der Waals surface area (Å²) in [5.41, 5.74) is 0. The van der Waals surface area contributed by atoms with E-state index < -0.39 is 0 Å². The van der Waals surface area contributed by atoms with Crippen LogP contribution in [0.1, 0.15) is 34.1 Å². The summed E-state index contributed by atoms with van der Waals surface area (Å²) in [7, 11) is 0. The fourth-order valence-electron chi connectivity index (χ4n) is 2.03. The first-order valence-corrected chi connectivity index (χ1v) is 7.11. The quantitative estimate of drug-likeness (QED) is 0.703. The van der Waals surface area contributed by atoms with Crippen molar-refractivity contribution in [1.29, 1.82) is 0 Å². The lowest BCUT2D eigenvalue weighted by Gasteiger charge is -2.35. The molecule has 0 aromatic heterocycles. The Morgan fingerprint density at radius 2 is 2.05 bits per heavy atom. The molecule has 2 unspecified atom stereocenters. The first-order valence-electron chi connectivity index (χ1n) is 7.11. The van der Waals surface area contributed by atoms with Crippen molar-refractivity contribution in [2.75, 3.05) is 26.3 Å². The summed E-state index contributed by atoms with van der Waals surface area (Å²) in [5, 5.41) is 2.78. The van der Waals surface area contributed by atoms with E-state index in [-0.39, 0.29) is 30.3 Å².